The Morgan fingerprint density at radius 1 is 1.08 bits per heavy atom. The zero-order chi connectivity index (χ0) is 18.2. The molecule has 0 unspecified atom stereocenters. The summed E-state index contributed by atoms with van der Waals surface area (Å²) < 4.78 is 54.1. The second-order valence-electron chi connectivity index (χ2n) is 6.03. The molecule has 2 aromatic carbocycles. The standard InChI is InChI=1S/C18H16F3NO2S/c1-12-8-10-14(11-9-12)25(23)16-15(13-6-4-3-5-7-13)22-24-17(16,2)18(19,20)21/h3-11,16H,1-2H3/t16-,17-,25-/m0/s1. The lowest BCUT2D eigenvalue weighted by atomic mass is 9.94. The summed E-state index contributed by atoms with van der Waals surface area (Å²) in [5.74, 6) is 0. The molecule has 25 heavy (non-hydrogen) atoms. The lowest BCUT2D eigenvalue weighted by Gasteiger charge is -2.31. The minimum atomic E-state index is -4.72. The average Bonchev–Trinajstić information content (AvgIpc) is 2.94. The van der Waals surface area contributed by atoms with E-state index in [0.717, 1.165) is 12.5 Å². The van der Waals surface area contributed by atoms with Crippen molar-refractivity contribution in [3.05, 3.63) is 65.7 Å². The predicted molar refractivity (Wildman–Crippen MR) is 89.9 cm³/mol. The quantitative estimate of drug-likeness (QED) is 0.762. The molecule has 0 aromatic heterocycles. The lowest BCUT2D eigenvalue weighted by Crippen LogP contribution is -2.56. The van der Waals surface area contributed by atoms with Gasteiger partial charge in [0.05, 0.1) is 0 Å². The van der Waals surface area contributed by atoms with E-state index in [1.54, 1.807) is 54.6 Å². The third-order valence-electron chi connectivity index (χ3n) is 4.18. The van der Waals surface area contributed by atoms with Crippen LogP contribution in [0, 0.1) is 6.92 Å². The average molecular weight is 367 g/mol. The van der Waals surface area contributed by atoms with Gasteiger partial charge in [-0.2, -0.15) is 13.2 Å². The van der Waals surface area contributed by atoms with E-state index in [-0.39, 0.29) is 5.71 Å². The first-order chi connectivity index (χ1) is 11.7. The van der Waals surface area contributed by atoms with Gasteiger partial charge in [-0.15, -0.1) is 0 Å². The lowest BCUT2D eigenvalue weighted by molar-refractivity contribution is -0.260. The van der Waals surface area contributed by atoms with Crippen LogP contribution in [0.2, 0.25) is 0 Å². The summed E-state index contributed by atoms with van der Waals surface area (Å²) in [4.78, 5) is 5.13. The number of hydrogen-bond donors (Lipinski definition) is 0. The first-order valence-electron chi connectivity index (χ1n) is 7.59. The molecule has 7 heteroatoms. The molecule has 3 rings (SSSR count). The SMILES string of the molecule is Cc1ccc([S@+]([O-])[C@H]2C(c3ccccc3)=NO[C@]2(C)C(F)(F)F)cc1. The third kappa shape index (κ3) is 3.14. The van der Waals surface area contributed by atoms with Crippen LogP contribution in [0.1, 0.15) is 18.1 Å². The van der Waals surface area contributed by atoms with Crippen molar-refractivity contribution >= 4 is 16.9 Å². The molecule has 1 heterocycles. The van der Waals surface area contributed by atoms with Crippen molar-refractivity contribution in [3.8, 4) is 0 Å². The van der Waals surface area contributed by atoms with Gasteiger partial charge in [0.1, 0.15) is 5.71 Å². The van der Waals surface area contributed by atoms with Crippen LogP contribution < -0.4 is 0 Å². The summed E-state index contributed by atoms with van der Waals surface area (Å²) in [5, 5.41) is 2.21. The highest BCUT2D eigenvalue weighted by Crippen LogP contribution is 2.45. The second kappa shape index (κ2) is 6.38. The van der Waals surface area contributed by atoms with Crippen molar-refractivity contribution in [1.82, 2.24) is 0 Å². The zero-order valence-corrected chi connectivity index (χ0v) is 14.4. The molecule has 0 radical (unpaired) electrons. The number of alkyl halides is 3. The maximum Gasteiger partial charge on any atom is 0.436 e. The van der Waals surface area contributed by atoms with Crippen LogP contribution in [0.5, 0.6) is 0 Å². The van der Waals surface area contributed by atoms with E-state index in [1.165, 1.54) is 0 Å². The fourth-order valence-corrected chi connectivity index (χ4v) is 4.27. The molecule has 1 aliphatic rings. The van der Waals surface area contributed by atoms with Gasteiger partial charge in [0.2, 0.25) is 5.25 Å². The van der Waals surface area contributed by atoms with E-state index >= 15 is 0 Å². The third-order valence-corrected chi connectivity index (χ3v) is 6.02. The van der Waals surface area contributed by atoms with Crippen molar-refractivity contribution in [2.75, 3.05) is 0 Å². The van der Waals surface area contributed by atoms with Crippen molar-refractivity contribution in [2.45, 2.75) is 35.8 Å². The summed E-state index contributed by atoms with van der Waals surface area (Å²) in [6.45, 7) is 2.74. The number of oxime groups is 1. The minimum absolute atomic E-state index is 0.0410. The number of halogens is 3. The fourth-order valence-electron chi connectivity index (χ4n) is 2.63. The van der Waals surface area contributed by atoms with Crippen molar-refractivity contribution in [3.63, 3.8) is 0 Å². The van der Waals surface area contributed by atoms with E-state index in [4.69, 9.17) is 4.84 Å². The predicted octanol–water partition coefficient (Wildman–Crippen LogP) is 4.23. The second-order valence-corrected chi connectivity index (χ2v) is 7.57. The van der Waals surface area contributed by atoms with E-state index in [9.17, 15) is 17.7 Å². The fraction of sp³-hybridized carbons (Fsp3) is 0.278. The number of benzene rings is 2. The topological polar surface area (TPSA) is 44.7 Å². The highest BCUT2D eigenvalue weighted by molar-refractivity contribution is 7.93. The molecule has 0 amide bonds. The Morgan fingerprint density at radius 3 is 2.24 bits per heavy atom. The Hall–Kier alpha value is -1.99. The van der Waals surface area contributed by atoms with E-state index in [2.05, 4.69) is 5.16 Å². The molecule has 1 aliphatic heterocycles. The smallest absolute Gasteiger partial charge is 0.436 e. The van der Waals surface area contributed by atoms with Crippen LogP contribution in [0.15, 0.2) is 64.6 Å². The van der Waals surface area contributed by atoms with E-state index in [0.29, 0.717) is 10.5 Å². The van der Waals surface area contributed by atoms with Crippen molar-refractivity contribution in [1.29, 1.82) is 0 Å². The van der Waals surface area contributed by atoms with E-state index in [1.807, 2.05) is 6.92 Å². The van der Waals surface area contributed by atoms with E-state index < -0.39 is 28.2 Å². The van der Waals surface area contributed by atoms with Crippen LogP contribution >= 0.6 is 0 Å². The molecular weight excluding hydrogens is 351 g/mol. The molecular formula is C18H16F3NO2S. The summed E-state index contributed by atoms with van der Waals surface area (Å²) >= 11 is -1.99. The largest absolute Gasteiger partial charge is 0.611 e. The highest BCUT2D eigenvalue weighted by Gasteiger charge is 2.68. The molecule has 0 spiro atoms. The van der Waals surface area contributed by atoms with Crippen LogP contribution in [0.25, 0.3) is 0 Å². The Kier molecular flexibility index (Phi) is 4.55. The monoisotopic (exact) mass is 367 g/mol. The van der Waals surface area contributed by atoms with Crippen LogP contribution in [-0.2, 0) is 16.0 Å². The molecule has 0 fully saturated rings. The summed E-state index contributed by atoms with van der Waals surface area (Å²) in [6.07, 6.45) is -4.72. The van der Waals surface area contributed by atoms with Gasteiger partial charge in [-0.05, 0) is 37.2 Å². The van der Waals surface area contributed by atoms with Gasteiger partial charge in [-0.1, -0.05) is 53.2 Å². The van der Waals surface area contributed by atoms with Gasteiger partial charge in [0.25, 0.3) is 5.60 Å². The van der Waals surface area contributed by atoms with Crippen molar-refractivity contribution < 1.29 is 22.6 Å². The summed E-state index contributed by atoms with van der Waals surface area (Å²) in [5.41, 5.74) is -1.23. The van der Waals surface area contributed by atoms with Crippen LogP contribution in [0.3, 0.4) is 0 Å². The van der Waals surface area contributed by atoms with Crippen LogP contribution in [-0.4, -0.2) is 27.3 Å². The van der Waals surface area contributed by atoms with Gasteiger partial charge in [0.15, 0.2) is 4.90 Å². The highest BCUT2D eigenvalue weighted by atomic mass is 32.2. The van der Waals surface area contributed by atoms with Crippen LogP contribution in [0.4, 0.5) is 13.2 Å². The molecule has 0 N–H and O–H groups in total. The molecule has 3 nitrogen and oxygen atoms in total. The van der Waals surface area contributed by atoms with Crippen molar-refractivity contribution in [2.24, 2.45) is 5.16 Å². The number of aryl methyl sites for hydroxylation is 1. The molecule has 0 aliphatic carbocycles. The molecule has 0 bridgehead atoms. The minimum Gasteiger partial charge on any atom is -0.611 e. The first-order valence-corrected chi connectivity index (χ1v) is 8.81. The molecule has 132 valence electrons. The Bertz CT molecular complexity index is 777. The maximum absolute atomic E-state index is 13.7. The Labute approximate surface area is 146 Å². The molecule has 0 saturated heterocycles. The van der Waals surface area contributed by atoms with Gasteiger partial charge in [-0.3, -0.25) is 0 Å². The maximum atomic E-state index is 13.7. The zero-order valence-electron chi connectivity index (χ0n) is 13.6. The van der Waals surface area contributed by atoms with Gasteiger partial charge < -0.3 is 9.39 Å². The number of rotatable bonds is 3. The summed E-state index contributed by atoms with van der Waals surface area (Å²) in [6, 6.07) is 15.0. The first kappa shape index (κ1) is 17.8. The van der Waals surface area contributed by atoms with Gasteiger partial charge >= 0.3 is 6.18 Å². The molecule has 3 atom stereocenters. The van der Waals surface area contributed by atoms with Gasteiger partial charge in [0, 0.05) is 5.56 Å². The molecule has 2 aromatic rings. The van der Waals surface area contributed by atoms with Gasteiger partial charge in [-0.25, -0.2) is 0 Å². The Morgan fingerprint density at radius 2 is 1.68 bits per heavy atom. The number of nitrogens with zero attached hydrogens (tertiary/aromatic N) is 1. The number of hydrogen-bond acceptors (Lipinski definition) is 3. The summed E-state index contributed by atoms with van der Waals surface area (Å²) in [7, 11) is 0. The Balaban J connectivity index is 2.07. The normalized spacial score (nSPS) is 24.6. The molecule has 0 saturated carbocycles.